The van der Waals surface area contributed by atoms with Crippen molar-refractivity contribution in [3.63, 3.8) is 0 Å². The molecule has 2 aromatic carbocycles. The van der Waals surface area contributed by atoms with E-state index in [1.165, 1.54) is 0 Å². The molecule has 0 unspecified atom stereocenters. The molecule has 0 atom stereocenters. The molecule has 132 valence electrons. The van der Waals surface area contributed by atoms with Crippen LogP contribution < -0.4 is 20.1 Å². The summed E-state index contributed by atoms with van der Waals surface area (Å²) >= 11 is 5.94. The van der Waals surface area contributed by atoms with Crippen molar-refractivity contribution in [2.24, 2.45) is 0 Å². The van der Waals surface area contributed by atoms with Crippen molar-refractivity contribution in [1.82, 2.24) is 5.32 Å². The molecule has 0 radical (unpaired) electrons. The molecule has 2 aromatic rings. The highest BCUT2D eigenvalue weighted by atomic mass is 35.5. The summed E-state index contributed by atoms with van der Waals surface area (Å²) in [5.41, 5.74) is 1.34. The first-order valence-corrected chi connectivity index (χ1v) is 7.97. The van der Waals surface area contributed by atoms with Crippen LogP contribution in [-0.4, -0.2) is 32.6 Å². The van der Waals surface area contributed by atoms with E-state index in [1.54, 1.807) is 44.6 Å². The van der Waals surface area contributed by atoms with Crippen LogP contribution in [0.25, 0.3) is 0 Å². The van der Waals surface area contributed by atoms with Crippen LogP contribution >= 0.6 is 11.6 Å². The number of amides is 2. The van der Waals surface area contributed by atoms with Gasteiger partial charge in [0, 0.05) is 6.54 Å². The third-order valence-electron chi connectivity index (χ3n) is 3.48. The molecule has 2 N–H and O–H groups in total. The first-order valence-electron chi connectivity index (χ1n) is 7.59. The standard InChI is InChI=1S/C18H19ClN2O4/c1-24-15-8-7-12(11-16(15)25-2)9-10-20-17(22)18(23)21-14-6-4-3-5-13(14)19/h3-8,11H,9-10H2,1-2H3,(H,20,22)(H,21,23). The Morgan fingerprint density at radius 3 is 2.40 bits per heavy atom. The molecule has 6 nitrogen and oxygen atoms in total. The predicted molar refractivity (Wildman–Crippen MR) is 96.3 cm³/mol. The molecule has 25 heavy (non-hydrogen) atoms. The SMILES string of the molecule is COc1ccc(CCNC(=O)C(=O)Nc2ccccc2Cl)cc1OC. The number of para-hydroxylation sites is 1. The number of nitrogens with one attached hydrogen (secondary N) is 2. The molecule has 0 aliphatic heterocycles. The van der Waals surface area contributed by atoms with E-state index in [1.807, 2.05) is 12.1 Å². The quantitative estimate of drug-likeness (QED) is 0.774. The number of anilines is 1. The summed E-state index contributed by atoms with van der Waals surface area (Å²) in [6.45, 7) is 0.310. The molecule has 0 saturated heterocycles. The summed E-state index contributed by atoms with van der Waals surface area (Å²) in [7, 11) is 3.12. The van der Waals surface area contributed by atoms with Gasteiger partial charge in [0.1, 0.15) is 0 Å². The van der Waals surface area contributed by atoms with Gasteiger partial charge >= 0.3 is 11.8 Å². The van der Waals surface area contributed by atoms with Gasteiger partial charge in [-0.3, -0.25) is 9.59 Å². The Bertz CT molecular complexity index is 764. The average Bonchev–Trinajstić information content (AvgIpc) is 2.63. The van der Waals surface area contributed by atoms with Crippen LogP contribution in [0.5, 0.6) is 11.5 Å². The fraction of sp³-hybridized carbons (Fsp3) is 0.222. The van der Waals surface area contributed by atoms with Crippen LogP contribution in [0, 0.1) is 0 Å². The van der Waals surface area contributed by atoms with Crippen molar-refractivity contribution < 1.29 is 19.1 Å². The van der Waals surface area contributed by atoms with Gasteiger partial charge in [-0.05, 0) is 36.2 Å². The maximum Gasteiger partial charge on any atom is 0.313 e. The Morgan fingerprint density at radius 1 is 1.00 bits per heavy atom. The lowest BCUT2D eigenvalue weighted by Gasteiger charge is -2.10. The van der Waals surface area contributed by atoms with E-state index >= 15 is 0 Å². The fourth-order valence-electron chi connectivity index (χ4n) is 2.18. The number of benzene rings is 2. The third-order valence-corrected chi connectivity index (χ3v) is 3.81. The molecule has 7 heteroatoms. The van der Waals surface area contributed by atoms with Gasteiger partial charge < -0.3 is 20.1 Å². The van der Waals surface area contributed by atoms with Crippen LogP contribution in [0.4, 0.5) is 5.69 Å². The molecular weight excluding hydrogens is 344 g/mol. The zero-order valence-electron chi connectivity index (χ0n) is 14.0. The highest BCUT2D eigenvalue weighted by Crippen LogP contribution is 2.27. The number of halogens is 1. The van der Waals surface area contributed by atoms with Crippen LogP contribution in [0.2, 0.25) is 5.02 Å². The normalized spacial score (nSPS) is 10.0. The van der Waals surface area contributed by atoms with Crippen LogP contribution in [-0.2, 0) is 16.0 Å². The molecule has 0 bridgehead atoms. The zero-order chi connectivity index (χ0) is 18.2. The Hall–Kier alpha value is -2.73. The average molecular weight is 363 g/mol. The minimum Gasteiger partial charge on any atom is -0.493 e. The number of hydrogen-bond acceptors (Lipinski definition) is 4. The monoisotopic (exact) mass is 362 g/mol. The summed E-state index contributed by atoms with van der Waals surface area (Å²) in [4.78, 5) is 23.7. The zero-order valence-corrected chi connectivity index (χ0v) is 14.7. The molecule has 0 aliphatic rings. The van der Waals surface area contributed by atoms with Crippen molar-refractivity contribution in [2.75, 3.05) is 26.1 Å². The highest BCUT2D eigenvalue weighted by Gasteiger charge is 2.14. The molecule has 0 aromatic heterocycles. The van der Waals surface area contributed by atoms with Gasteiger partial charge in [0.2, 0.25) is 0 Å². The highest BCUT2D eigenvalue weighted by molar-refractivity contribution is 6.41. The number of carbonyl (C=O) groups excluding carboxylic acids is 2. The molecule has 0 saturated carbocycles. The Labute approximate surface area is 151 Å². The summed E-state index contributed by atoms with van der Waals surface area (Å²) in [5.74, 6) is -0.238. The minimum absolute atomic E-state index is 0.310. The number of methoxy groups -OCH3 is 2. The fourth-order valence-corrected chi connectivity index (χ4v) is 2.36. The second kappa shape index (κ2) is 8.94. The number of rotatable bonds is 6. The van der Waals surface area contributed by atoms with Crippen molar-refractivity contribution >= 4 is 29.1 Å². The molecule has 0 aliphatic carbocycles. The van der Waals surface area contributed by atoms with E-state index in [9.17, 15) is 9.59 Å². The summed E-state index contributed by atoms with van der Waals surface area (Å²) in [5, 5.41) is 5.41. The van der Waals surface area contributed by atoms with Gasteiger partial charge in [0.05, 0.1) is 24.9 Å². The molecule has 2 rings (SSSR count). The number of hydrogen-bond donors (Lipinski definition) is 2. The minimum atomic E-state index is -0.764. The topological polar surface area (TPSA) is 76.7 Å². The van der Waals surface area contributed by atoms with E-state index in [-0.39, 0.29) is 0 Å². The van der Waals surface area contributed by atoms with Crippen molar-refractivity contribution in [1.29, 1.82) is 0 Å². The van der Waals surface area contributed by atoms with Gasteiger partial charge in [-0.2, -0.15) is 0 Å². The van der Waals surface area contributed by atoms with Gasteiger partial charge in [-0.1, -0.05) is 29.8 Å². The third kappa shape index (κ3) is 5.12. The van der Waals surface area contributed by atoms with Gasteiger partial charge in [0.25, 0.3) is 0 Å². The lowest BCUT2D eigenvalue weighted by atomic mass is 10.1. The second-order valence-corrected chi connectivity index (χ2v) is 5.54. The summed E-state index contributed by atoms with van der Waals surface area (Å²) in [6, 6.07) is 12.2. The van der Waals surface area contributed by atoms with Crippen molar-refractivity contribution in [3.8, 4) is 11.5 Å². The lowest BCUT2D eigenvalue weighted by Crippen LogP contribution is -2.36. The predicted octanol–water partition coefficient (Wildman–Crippen LogP) is 2.65. The van der Waals surface area contributed by atoms with Gasteiger partial charge in [0.15, 0.2) is 11.5 Å². The van der Waals surface area contributed by atoms with Crippen molar-refractivity contribution in [2.45, 2.75) is 6.42 Å². The van der Waals surface area contributed by atoms with Crippen molar-refractivity contribution in [3.05, 3.63) is 53.1 Å². The molecule has 0 fully saturated rings. The van der Waals surface area contributed by atoms with Crippen LogP contribution in [0.3, 0.4) is 0 Å². The van der Waals surface area contributed by atoms with Crippen LogP contribution in [0.15, 0.2) is 42.5 Å². The van der Waals surface area contributed by atoms with E-state index in [0.29, 0.717) is 35.2 Å². The smallest absolute Gasteiger partial charge is 0.313 e. The molecule has 0 heterocycles. The number of carbonyl (C=O) groups is 2. The largest absolute Gasteiger partial charge is 0.493 e. The maximum atomic E-state index is 11.9. The molecule has 2 amide bonds. The Morgan fingerprint density at radius 2 is 1.72 bits per heavy atom. The number of ether oxygens (including phenoxy) is 2. The Kier molecular flexibility index (Phi) is 6.65. The van der Waals surface area contributed by atoms with E-state index in [0.717, 1.165) is 5.56 Å². The van der Waals surface area contributed by atoms with Gasteiger partial charge in [-0.25, -0.2) is 0 Å². The van der Waals surface area contributed by atoms with Crippen LogP contribution in [0.1, 0.15) is 5.56 Å². The molecule has 0 spiro atoms. The summed E-state index contributed by atoms with van der Waals surface area (Å²) < 4.78 is 10.4. The van der Waals surface area contributed by atoms with E-state index < -0.39 is 11.8 Å². The molecular formula is C18H19ClN2O4. The first kappa shape index (κ1) is 18.6. The second-order valence-electron chi connectivity index (χ2n) is 5.13. The first-order chi connectivity index (χ1) is 12.0. The van der Waals surface area contributed by atoms with E-state index in [4.69, 9.17) is 21.1 Å². The van der Waals surface area contributed by atoms with Gasteiger partial charge in [-0.15, -0.1) is 0 Å². The summed E-state index contributed by atoms with van der Waals surface area (Å²) in [6.07, 6.45) is 0.547. The lowest BCUT2D eigenvalue weighted by molar-refractivity contribution is -0.136. The van der Waals surface area contributed by atoms with E-state index in [2.05, 4.69) is 10.6 Å². The maximum absolute atomic E-state index is 11.9. The Balaban J connectivity index is 1.86.